The van der Waals surface area contributed by atoms with Crippen molar-refractivity contribution in [2.45, 2.75) is 45.2 Å². The van der Waals surface area contributed by atoms with Gasteiger partial charge in [0.05, 0.1) is 6.26 Å². The van der Waals surface area contributed by atoms with Gasteiger partial charge in [-0.15, -0.1) is 0 Å². The van der Waals surface area contributed by atoms with Crippen LogP contribution in [0.15, 0.2) is 22.8 Å². The third-order valence-electron chi connectivity index (χ3n) is 4.83. The van der Waals surface area contributed by atoms with Gasteiger partial charge in [0.15, 0.2) is 0 Å². The number of fused-ring (bicyclic) bond motifs is 1. The monoisotopic (exact) mass is 262 g/mol. The van der Waals surface area contributed by atoms with Gasteiger partial charge >= 0.3 is 0 Å². The molecule has 3 rings (SSSR count). The van der Waals surface area contributed by atoms with Crippen LogP contribution < -0.4 is 0 Å². The predicted molar refractivity (Wildman–Crippen MR) is 77.2 cm³/mol. The number of hydrogen-bond acceptors (Lipinski definition) is 3. The molecule has 19 heavy (non-hydrogen) atoms. The minimum atomic E-state index is 0.712. The fraction of sp³-hybridized carbons (Fsp3) is 0.750. The van der Waals surface area contributed by atoms with Crippen LogP contribution in [0, 0.1) is 5.92 Å². The Morgan fingerprint density at radius 3 is 3.00 bits per heavy atom. The van der Waals surface area contributed by atoms with Crippen LogP contribution in [-0.2, 0) is 6.42 Å². The van der Waals surface area contributed by atoms with E-state index in [2.05, 4.69) is 29.7 Å². The average Bonchev–Trinajstić information content (AvgIpc) is 3.05. The van der Waals surface area contributed by atoms with Gasteiger partial charge in [0.1, 0.15) is 5.76 Å². The molecule has 2 aliphatic rings. The van der Waals surface area contributed by atoms with Gasteiger partial charge in [0.25, 0.3) is 0 Å². The fourth-order valence-corrected chi connectivity index (χ4v) is 3.70. The third kappa shape index (κ3) is 2.87. The first-order valence-corrected chi connectivity index (χ1v) is 7.74. The lowest BCUT2D eigenvalue weighted by Gasteiger charge is -2.45. The Morgan fingerprint density at radius 2 is 2.26 bits per heavy atom. The molecule has 2 fully saturated rings. The highest BCUT2D eigenvalue weighted by Gasteiger charge is 2.37. The van der Waals surface area contributed by atoms with Crippen LogP contribution in [-0.4, -0.2) is 48.1 Å². The molecule has 0 bridgehead atoms. The Morgan fingerprint density at radius 1 is 1.37 bits per heavy atom. The van der Waals surface area contributed by atoms with Gasteiger partial charge in [-0.1, -0.05) is 13.8 Å². The highest BCUT2D eigenvalue weighted by atomic mass is 16.3. The van der Waals surface area contributed by atoms with Gasteiger partial charge in [-0.3, -0.25) is 9.80 Å². The summed E-state index contributed by atoms with van der Waals surface area (Å²) < 4.78 is 5.47. The Labute approximate surface area is 116 Å². The van der Waals surface area contributed by atoms with Gasteiger partial charge in [-0.25, -0.2) is 0 Å². The highest BCUT2D eigenvalue weighted by Crippen LogP contribution is 2.27. The molecule has 0 aliphatic carbocycles. The third-order valence-corrected chi connectivity index (χ3v) is 4.83. The SMILES string of the molecule is CC(C)C1CN2CCCC2CN1CCc1ccco1. The van der Waals surface area contributed by atoms with Crippen molar-refractivity contribution in [3.05, 3.63) is 24.2 Å². The van der Waals surface area contributed by atoms with Crippen LogP contribution in [0.25, 0.3) is 0 Å². The lowest BCUT2D eigenvalue weighted by atomic mass is 9.97. The van der Waals surface area contributed by atoms with Crippen molar-refractivity contribution in [3.8, 4) is 0 Å². The minimum Gasteiger partial charge on any atom is -0.469 e. The Balaban J connectivity index is 1.63. The van der Waals surface area contributed by atoms with Crippen molar-refractivity contribution < 1.29 is 4.42 Å². The van der Waals surface area contributed by atoms with Crippen molar-refractivity contribution >= 4 is 0 Å². The van der Waals surface area contributed by atoms with Crippen LogP contribution in [0.4, 0.5) is 0 Å². The maximum absolute atomic E-state index is 5.47. The molecule has 2 saturated heterocycles. The lowest BCUT2D eigenvalue weighted by molar-refractivity contribution is 0.0294. The van der Waals surface area contributed by atoms with E-state index in [0.29, 0.717) is 6.04 Å². The van der Waals surface area contributed by atoms with E-state index in [-0.39, 0.29) is 0 Å². The van der Waals surface area contributed by atoms with Crippen molar-refractivity contribution in [1.29, 1.82) is 0 Å². The molecule has 0 N–H and O–H groups in total. The molecule has 2 atom stereocenters. The number of rotatable bonds is 4. The van der Waals surface area contributed by atoms with E-state index in [1.165, 1.54) is 32.5 Å². The van der Waals surface area contributed by atoms with E-state index in [1.54, 1.807) is 6.26 Å². The van der Waals surface area contributed by atoms with E-state index < -0.39 is 0 Å². The topological polar surface area (TPSA) is 19.6 Å². The van der Waals surface area contributed by atoms with Gasteiger partial charge in [-0.2, -0.15) is 0 Å². The van der Waals surface area contributed by atoms with Gasteiger partial charge in [-0.05, 0) is 37.4 Å². The number of piperazine rings is 1. The summed E-state index contributed by atoms with van der Waals surface area (Å²) in [7, 11) is 0. The molecule has 1 aromatic heterocycles. The van der Waals surface area contributed by atoms with Crippen LogP contribution in [0.1, 0.15) is 32.4 Å². The largest absolute Gasteiger partial charge is 0.469 e. The molecular weight excluding hydrogens is 236 g/mol. The maximum Gasteiger partial charge on any atom is 0.105 e. The van der Waals surface area contributed by atoms with Crippen molar-refractivity contribution in [1.82, 2.24) is 9.80 Å². The quantitative estimate of drug-likeness (QED) is 0.831. The first-order chi connectivity index (χ1) is 9.24. The molecule has 0 spiro atoms. The van der Waals surface area contributed by atoms with Crippen LogP contribution in [0.3, 0.4) is 0 Å². The van der Waals surface area contributed by atoms with Crippen LogP contribution in [0.5, 0.6) is 0 Å². The Bertz CT molecular complexity index is 387. The summed E-state index contributed by atoms with van der Waals surface area (Å²) in [6.07, 6.45) is 5.61. The van der Waals surface area contributed by atoms with Crippen LogP contribution in [0.2, 0.25) is 0 Å². The molecule has 3 nitrogen and oxygen atoms in total. The van der Waals surface area contributed by atoms with Crippen molar-refractivity contribution in [2.24, 2.45) is 5.92 Å². The van der Waals surface area contributed by atoms with Crippen molar-refractivity contribution in [3.63, 3.8) is 0 Å². The summed E-state index contributed by atoms with van der Waals surface area (Å²) in [5.41, 5.74) is 0. The second kappa shape index (κ2) is 5.68. The average molecular weight is 262 g/mol. The number of nitrogens with zero attached hydrogens (tertiary/aromatic N) is 2. The first-order valence-electron chi connectivity index (χ1n) is 7.74. The maximum atomic E-state index is 5.47. The highest BCUT2D eigenvalue weighted by molar-refractivity contribution is 5.00. The Kier molecular flexibility index (Phi) is 3.94. The van der Waals surface area contributed by atoms with E-state index >= 15 is 0 Å². The molecule has 106 valence electrons. The summed E-state index contributed by atoms with van der Waals surface area (Å²) in [6.45, 7) is 9.70. The van der Waals surface area contributed by atoms with E-state index in [9.17, 15) is 0 Å². The van der Waals surface area contributed by atoms with Gasteiger partial charge < -0.3 is 4.42 Å². The normalized spacial score (nSPS) is 29.0. The zero-order valence-electron chi connectivity index (χ0n) is 12.2. The van der Waals surface area contributed by atoms with Gasteiger partial charge in [0.2, 0.25) is 0 Å². The second-order valence-electron chi connectivity index (χ2n) is 6.43. The predicted octanol–water partition coefficient (Wildman–Crippen LogP) is 2.63. The first kappa shape index (κ1) is 13.2. The van der Waals surface area contributed by atoms with Crippen LogP contribution >= 0.6 is 0 Å². The van der Waals surface area contributed by atoms with E-state index in [4.69, 9.17) is 4.42 Å². The lowest BCUT2D eigenvalue weighted by Crippen LogP contribution is -2.58. The van der Waals surface area contributed by atoms with E-state index in [1.807, 2.05) is 6.07 Å². The zero-order valence-corrected chi connectivity index (χ0v) is 12.2. The standard InChI is InChI=1S/C16H26N2O/c1-13(2)16-12-17-8-3-5-14(17)11-18(16)9-7-15-6-4-10-19-15/h4,6,10,13-14,16H,3,5,7-9,11-12H2,1-2H3. The molecule has 3 heterocycles. The molecule has 1 aromatic rings. The molecule has 0 radical (unpaired) electrons. The fourth-order valence-electron chi connectivity index (χ4n) is 3.70. The van der Waals surface area contributed by atoms with Gasteiger partial charge in [0, 0.05) is 38.1 Å². The van der Waals surface area contributed by atoms with Crippen molar-refractivity contribution in [2.75, 3.05) is 26.2 Å². The summed E-state index contributed by atoms with van der Waals surface area (Å²) in [4.78, 5) is 5.42. The molecule has 2 unspecified atom stereocenters. The smallest absolute Gasteiger partial charge is 0.105 e. The Hall–Kier alpha value is -0.800. The zero-order chi connectivity index (χ0) is 13.2. The molecule has 0 saturated carbocycles. The summed E-state index contributed by atoms with van der Waals surface area (Å²) in [6, 6.07) is 5.61. The molecule has 2 aliphatic heterocycles. The molecule has 3 heteroatoms. The number of hydrogen-bond donors (Lipinski definition) is 0. The molecule has 0 amide bonds. The summed E-state index contributed by atoms with van der Waals surface area (Å²) in [5, 5.41) is 0. The molecular formula is C16H26N2O. The minimum absolute atomic E-state index is 0.712. The summed E-state index contributed by atoms with van der Waals surface area (Å²) in [5.74, 6) is 1.86. The second-order valence-corrected chi connectivity index (χ2v) is 6.43. The molecule has 0 aromatic carbocycles. The number of furan rings is 1. The summed E-state index contributed by atoms with van der Waals surface area (Å²) >= 11 is 0. The van der Waals surface area contributed by atoms with E-state index in [0.717, 1.165) is 30.7 Å².